The lowest BCUT2D eigenvalue weighted by molar-refractivity contribution is 0.192. The van der Waals surface area contributed by atoms with E-state index in [0.717, 1.165) is 17.0 Å². The number of pyridine rings is 1. The highest BCUT2D eigenvalue weighted by atomic mass is 15.2. The molecule has 4 rings (SSSR count). The van der Waals surface area contributed by atoms with Crippen LogP contribution in [0.25, 0.3) is 11.2 Å². The Labute approximate surface area is 118 Å². The number of nitrogens with one attached hydrogen (secondary N) is 1. The number of hydrogen-bond acceptors (Lipinski definition) is 5. The Morgan fingerprint density at radius 2 is 2.00 bits per heavy atom. The molecule has 0 aromatic carbocycles. The van der Waals surface area contributed by atoms with Crippen LogP contribution >= 0.6 is 0 Å². The van der Waals surface area contributed by atoms with Crippen molar-refractivity contribution in [1.82, 2.24) is 19.9 Å². The molecule has 104 valence electrons. The molecule has 2 aliphatic rings. The van der Waals surface area contributed by atoms with Crippen molar-refractivity contribution < 1.29 is 0 Å². The summed E-state index contributed by atoms with van der Waals surface area (Å²) in [5, 5.41) is 3.61. The molecule has 2 fully saturated rings. The van der Waals surface area contributed by atoms with Gasteiger partial charge in [0.15, 0.2) is 5.65 Å². The molecule has 2 atom stereocenters. The molecule has 4 heterocycles. The molecule has 2 aromatic rings. The van der Waals surface area contributed by atoms with Gasteiger partial charge in [-0.15, -0.1) is 0 Å². The van der Waals surface area contributed by atoms with Crippen molar-refractivity contribution in [3.05, 3.63) is 24.5 Å². The van der Waals surface area contributed by atoms with Gasteiger partial charge in [0.25, 0.3) is 0 Å². The van der Waals surface area contributed by atoms with Crippen molar-refractivity contribution in [2.24, 2.45) is 0 Å². The normalized spacial score (nSPS) is 26.6. The number of nitrogens with zero attached hydrogens (tertiary/aromatic N) is 4. The average molecular weight is 269 g/mol. The number of fused-ring (bicyclic) bond motifs is 2. The highest BCUT2D eigenvalue weighted by molar-refractivity contribution is 5.71. The third-order valence-electron chi connectivity index (χ3n) is 4.52. The van der Waals surface area contributed by atoms with Gasteiger partial charge in [-0.1, -0.05) is 6.42 Å². The maximum atomic E-state index is 4.57. The number of rotatable bonds is 2. The fourth-order valence-corrected chi connectivity index (χ4v) is 3.54. The first-order chi connectivity index (χ1) is 9.90. The molecule has 0 bridgehead atoms. The highest BCUT2D eigenvalue weighted by Crippen LogP contribution is 2.29. The van der Waals surface area contributed by atoms with Gasteiger partial charge in [0.05, 0.1) is 0 Å². The minimum absolute atomic E-state index is 0.525. The summed E-state index contributed by atoms with van der Waals surface area (Å²) in [5.74, 6) is 0.926. The molecule has 20 heavy (non-hydrogen) atoms. The number of aromatic nitrogens is 3. The fraction of sp³-hybridized carbons (Fsp3) is 0.533. The molecular weight excluding hydrogens is 250 g/mol. The Bertz CT molecular complexity index is 614. The summed E-state index contributed by atoms with van der Waals surface area (Å²) in [6.45, 7) is 2.48. The Balaban J connectivity index is 1.55. The van der Waals surface area contributed by atoms with Crippen molar-refractivity contribution in [1.29, 1.82) is 0 Å². The van der Waals surface area contributed by atoms with Crippen molar-refractivity contribution >= 4 is 17.0 Å². The minimum Gasteiger partial charge on any atom is -0.366 e. The summed E-state index contributed by atoms with van der Waals surface area (Å²) in [4.78, 5) is 15.7. The lowest BCUT2D eigenvalue weighted by Crippen LogP contribution is -2.41. The van der Waals surface area contributed by atoms with Gasteiger partial charge in [-0.05, 0) is 37.9 Å². The van der Waals surface area contributed by atoms with Gasteiger partial charge in [0.2, 0.25) is 0 Å². The molecule has 5 heteroatoms. The van der Waals surface area contributed by atoms with E-state index in [0.29, 0.717) is 12.1 Å². The van der Waals surface area contributed by atoms with Crippen molar-refractivity contribution in [3.63, 3.8) is 0 Å². The average Bonchev–Trinajstić information content (AvgIpc) is 2.91. The van der Waals surface area contributed by atoms with E-state index in [1.807, 2.05) is 12.1 Å². The van der Waals surface area contributed by atoms with Crippen LogP contribution in [-0.2, 0) is 0 Å². The topological polar surface area (TPSA) is 53.9 Å². The predicted octanol–water partition coefficient (Wildman–Crippen LogP) is 2.06. The fourth-order valence-electron chi connectivity index (χ4n) is 3.54. The second-order valence-corrected chi connectivity index (χ2v) is 5.73. The molecule has 0 amide bonds. The molecule has 1 N–H and O–H groups in total. The Morgan fingerprint density at radius 3 is 3.00 bits per heavy atom. The highest BCUT2D eigenvalue weighted by Gasteiger charge is 2.35. The quantitative estimate of drug-likeness (QED) is 0.904. The van der Waals surface area contributed by atoms with Crippen LogP contribution in [0, 0.1) is 0 Å². The predicted molar refractivity (Wildman–Crippen MR) is 78.6 cm³/mol. The number of anilines is 1. The Kier molecular flexibility index (Phi) is 2.99. The third kappa shape index (κ3) is 2.12. The Hall–Kier alpha value is -1.75. The van der Waals surface area contributed by atoms with Gasteiger partial charge in [0, 0.05) is 31.0 Å². The summed E-state index contributed by atoms with van der Waals surface area (Å²) >= 11 is 0. The Morgan fingerprint density at radius 1 is 1.05 bits per heavy atom. The van der Waals surface area contributed by atoms with Crippen LogP contribution in [0.4, 0.5) is 5.82 Å². The van der Waals surface area contributed by atoms with Crippen molar-refractivity contribution in [2.45, 2.75) is 37.8 Å². The van der Waals surface area contributed by atoms with E-state index in [2.05, 4.69) is 25.2 Å². The molecule has 2 saturated heterocycles. The largest absolute Gasteiger partial charge is 0.366 e. The van der Waals surface area contributed by atoms with E-state index in [9.17, 15) is 0 Å². The zero-order valence-electron chi connectivity index (χ0n) is 11.5. The minimum atomic E-state index is 0.525. The third-order valence-corrected chi connectivity index (χ3v) is 4.52. The van der Waals surface area contributed by atoms with Gasteiger partial charge in [-0.3, -0.25) is 9.88 Å². The first-order valence-corrected chi connectivity index (χ1v) is 7.48. The van der Waals surface area contributed by atoms with Gasteiger partial charge in [-0.2, -0.15) is 0 Å². The van der Waals surface area contributed by atoms with E-state index in [1.165, 1.54) is 38.8 Å². The maximum absolute atomic E-state index is 4.57. The summed E-state index contributed by atoms with van der Waals surface area (Å²) < 4.78 is 0. The summed E-state index contributed by atoms with van der Waals surface area (Å²) in [6, 6.07) is 5.22. The lowest BCUT2D eigenvalue weighted by Gasteiger charge is -2.32. The zero-order chi connectivity index (χ0) is 13.4. The smallest absolute Gasteiger partial charge is 0.180 e. The first kappa shape index (κ1) is 12.0. The van der Waals surface area contributed by atoms with Crippen LogP contribution in [0.5, 0.6) is 0 Å². The monoisotopic (exact) mass is 269 g/mol. The first-order valence-electron chi connectivity index (χ1n) is 7.48. The van der Waals surface area contributed by atoms with Gasteiger partial charge in [-0.25, -0.2) is 9.97 Å². The zero-order valence-corrected chi connectivity index (χ0v) is 11.5. The van der Waals surface area contributed by atoms with Crippen LogP contribution in [0.1, 0.15) is 25.7 Å². The molecule has 0 aliphatic carbocycles. The van der Waals surface area contributed by atoms with Crippen molar-refractivity contribution in [3.8, 4) is 0 Å². The van der Waals surface area contributed by atoms with E-state index in [1.54, 1.807) is 12.4 Å². The van der Waals surface area contributed by atoms with Crippen LogP contribution in [0.15, 0.2) is 24.5 Å². The lowest BCUT2D eigenvalue weighted by atomic mass is 9.99. The SMILES string of the molecule is c1cnc2nc(NC3CCN4CCCCC34)ccc2n1. The van der Waals surface area contributed by atoms with Gasteiger partial charge in [0.1, 0.15) is 11.3 Å². The summed E-state index contributed by atoms with van der Waals surface area (Å²) in [7, 11) is 0. The molecule has 0 radical (unpaired) electrons. The van der Waals surface area contributed by atoms with Gasteiger partial charge >= 0.3 is 0 Å². The van der Waals surface area contributed by atoms with E-state index < -0.39 is 0 Å². The molecule has 0 saturated carbocycles. The van der Waals surface area contributed by atoms with E-state index >= 15 is 0 Å². The summed E-state index contributed by atoms with van der Waals surface area (Å²) in [5.41, 5.74) is 1.57. The second-order valence-electron chi connectivity index (χ2n) is 5.73. The van der Waals surface area contributed by atoms with Crippen LogP contribution < -0.4 is 5.32 Å². The maximum Gasteiger partial charge on any atom is 0.180 e. The number of hydrogen-bond donors (Lipinski definition) is 1. The second kappa shape index (κ2) is 4.98. The molecule has 5 nitrogen and oxygen atoms in total. The molecule has 2 unspecified atom stereocenters. The molecular formula is C15H19N5. The van der Waals surface area contributed by atoms with Crippen LogP contribution in [0.2, 0.25) is 0 Å². The van der Waals surface area contributed by atoms with Crippen LogP contribution in [-0.4, -0.2) is 45.0 Å². The summed E-state index contributed by atoms with van der Waals surface area (Å²) in [6.07, 6.45) is 8.63. The molecule has 2 aliphatic heterocycles. The van der Waals surface area contributed by atoms with Crippen molar-refractivity contribution in [2.75, 3.05) is 18.4 Å². The van der Waals surface area contributed by atoms with Crippen LogP contribution in [0.3, 0.4) is 0 Å². The number of piperidine rings is 1. The van der Waals surface area contributed by atoms with Gasteiger partial charge < -0.3 is 5.32 Å². The molecule has 0 spiro atoms. The van der Waals surface area contributed by atoms with E-state index in [4.69, 9.17) is 0 Å². The molecule has 2 aromatic heterocycles. The van der Waals surface area contributed by atoms with E-state index in [-0.39, 0.29) is 0 Å². The standard InChI is InChI=1S/C15H19N5/c1-2-9-20-10-6-11(13(20)3-1)18-14-5-4-12-15(19-14)17-8-7-16-12/h4-5,7-8,11,13H,1-3,6,9-10H2,(H,17,18,19).